The highest BCUT2D eigenvalue weighted by Gasteiger charge is 2.14. The lowest BCUT2D eigenvalue weighted by Gasteiger charge is -2.14. The SMILES string of the molecule is COc1cc(CCC(=O)OCc2nc3ccccc3c(=O)[nH]2)cc(OC)c1OC. The average molecular weight is 398 g/mol. The summed E-state index contributed by atoms with van der Waals surface area (Å²) < 4.78 is 21.2. The molecule has 0 aliphatic carbocycles. The van der Waals surface area contributed by atoms with Gasteiger partial charge >= 0.3 is 5.97 Å². The lowest BCUT2D eigenvalue weighted by Crippen LogP contribution is -2.14. The Morgan fingerprint density at radius 2 is 1.72 bits per heavy atom. The predicted molar refractivity (Wildman–Crippen MR) is 107 cm³/mol. The number of nitrogens with zero attached hydrogens (tertiary/aromatic N) is 1. The number of rotatable bonds is 8. The second kappa shape index (κ2) is 9.09. The number of ether oxygens (including phenoxy) is 4. The van der Waals surface area contributed by atoms with Gasteiger partial charge in [0, 0.05) is 6.42 Å². The van der Waals surface area contributed by atoms with Crippen molar-refractivity contribution in [3.05, 3.63) is 58.1 Å². The van der Waals surface area contributed by atoms with Gasteiger partial charge in [0.2, 0.25) is 5.75 Å². The molecule has 0 saturated carbocycles. The summed E-state index contributed by atoms with van der Waals surface area (Å²) in [6, 6.07) is 10.6. The van der Waals surface area contributed by atoms with Crippen molar-refractivity contribution in [2.45, 2.75) is 19.4 Å². The number of hydrogen-bond donors (Lipinski definition) is 1. The number of carbonyl (C=O) groups is 1. The molecule has 2 aromatic carbocycles. The van der Waals surface area contributed by atoms with Gasteiger partial charge in [-0.25, -0.2) is 4.98 Å². The van der Waals surface area contributed by atoms with E-state index in [2.05, 4.69) is 9.97 Å². The fourth-order valence-electron chi connectivity index (χ4n) is 2.95. The van der Waals surface area contributed by atoms with E-state index in [-0.39, 0.29) is 18.6 Å². The number of H-pyrrole nitrogens is 1. The summed E-state index contributed by atoms with van der Waals surface area (Å²) in [7, 11) is 4.60. The molecule has 0 radical (unpaired) electrons. The van der Waals surface area contributed by atoms with E-state index >= 15 is 0 Å². The average Bonchev–Trinajstić information content (AvgIpc) is 2.75. The molecule has 0 aliphatic rings. The lowest BCUT2D eigenvalue weighted by atomic mass is 10.1. The number of aromatic amines is 1. The quantitative estimate of drug-likeness (QED) is 0.582. The van der Waals surface area contributed by atoms with Crippen LogP contribution in [0.5, 0.6) is 17.2 Å². The third-order valence-corrected chi connectivity index (χ3v) is 4.37. The van der Waals surface area contributed by atoms with Crippen molar-refractivity contribution in [1.82, 2.24) is 9.97 Å². The maximum atomic E-state index is 12.1. The fraction of sp³-hybridized carbons (Fsp3) is 0.286. The maximum absolute atomic E-state index is 12.1. The van der Waals surface area contributed by atoms with Gasteiger partial charge in [0.1, 0.15) is 12.4 Å². The number of aryl methyl sites for hydroxylation is 1. The summed E-state index contributed by atoms with van der Waals surface area (Å²) in [5, 5.41) is 0.491. The van der Waals surface area contributed by atoms with Crippen molar-refractivity contribution in [1.29, 1.82) is 0 Å². The highest BCUT2D eigenvalue weighted by atomic mass is 16.5. The molecule has 1 N–H and O–H groups in total. The molecule has 1 aromatic heterocycles. The number of fused-ring (bicyclic) bond motifs is 1. The molecule has 0 aliphatic heterocycles. The van der Waals surface area contributed by atoms with E-state index in [1.165, 1.54) is 21.3 Å². The second-order valence-corrected chi connectivity index (χ2v) is 6.22. The molecule has 29 heavy (non-hydrogen) atoms. The van der Waals surface area contributed by atoms with E-state index in [0.29, 0.717) is 40.4 Å². The van der Waals surface area contributed by atoms with Crippen LogP contribution in [0.25, 0.3) is 10.9 Å². The molecule has 0 spiro atoms. The van der Waals surface area contributed by atoms with Gasteiger partial charge in [0.25, 0.3) is 5.56 Å². The number of nitrogens with one attached hydrogen (secondary N) is 1. The van der Waals surface area contributed by atoms with Gasteiger partial charge in [-0.3, -0.25) is 9.59 Å². The van der Waals surface area contributed by atoms with Crippen LogP contribution in [0.4, 0.5) is 0 Å². The predicted octanol–water partition coefficient (Wildman–Crippen LogP) is 2.62. The van der Waals surface area contributed by atoms with E-state index in [0.717, 1.165) is 5.56 Å². The van der Waals surface area contributed by atoms with Crippen LogP contribution in [-0.2, 0) is 22.6 Å². The first-order chi connectivity index (χ1) is 14.0. The molecule has 0 fully saturated rings. The van der Waals surface area contributed by atoms with E-state index in [1.54, 1.807) is 36.4 Å². The summed E-state index contributed by atoms with van der Waals surface area (Å²) >= 11 is 0. The summed E-state index contributed by atoms with van der Waals surface area (Å²) in [4.78, 5) is 31.1. The Bertz CT molecular complexity index is 1050. The number of aromatic nitrogens is 2. The molecule has 0 saturated heterocycles. The number of carbonyl (C=O) groups excluding carboxylic acids is 1. The molecule has 152 valence electrons. The Morgan fingerprint density at radius 3 is 2.38 bits per heavy atom. The zero-order valence-electron chi connectivity index (χ0n) is 16.5. The molecule has 3 aromatic rings. The Morgan fingerprint density at radius 1 is 1.03 bits per heavy atom. The van der Waals surface area contributed by atoms with Crippen molar-refractivity contribution in [3.63, 3.8) is 0 Å². The largest absolute Gasteiger partial charge is 0.493 e. The van der Waals surface area contributed by atoms with Crippen LogP contribution >= 0.6 is 0 Å². The highest BCUT2D eigenvalue weighted by molar-refractivity contribution is 5.77. The van der Waals surface area contributed by atoms with Gasteiger partial charge in [-0.2, -0.15) is 0 Å². The van der Waals surface area contributed by atoms with Crippen molar-refractivity contribution < 1.29 is 23.7 Å². The smallest absolute Gasteiger partial charge is 0.306 e. The molecule has 0 unspecified atom stereocenters. The van der Waals surface area contributed by atoms with Gasteiger partial charge in [0.15, 0.2) is 11.5 Å². The van der Waals surface area contributed by atoms with Crippen LogP contribution in [0.3, 0.4) is 0 Å². The van der Waals surface area contributed by atoms with E-state index < -0.39 is 5.97 Å². The van der Waals surface area contributed by atoms with Gasteiger partial charge in [-0.05, 0) is 36.2 Å². The van der Waals surface area contributed by atoms with Crippen molar-refractivity contribution >= 4 is 16.9 Å². The summed E-state index contributed by atoms with van der Waals surface area (Å²) in [6.07, 6.45) is 0.577. The molecule has 1 heterocycles. The number of para-hydroxylation sites is 1. The minimum absolute atomic E-state index is 0.103. The lowest BCUT2D eigenvalue weighted by molar-refractivity contribution is -0.145. The number of benzene rings is 2. The van der Waals surface area contributed by atoms with Crippen LogP contribution < -0.4 is 19.8 Å². The molecular weight excluding hydrogens is 376 g/mol. The number of hydrogen-bond acceptors (Lipinski definition) is 7. The highest BCUT2D eigenvalue weighted by Crippen LogP contribution is 2.38. The van der Waals surface area contributed by atoms with Gasteiger partial charge in [0.05, 0.1) is 32.2 Å². The number of methoxy groups -OCH3 is 3. The standard InChI is InChI=1S/C21H22N2O6/c1-26-16-10-13(11-17(27-2)20(16)28-3)8-9-19(24)29-12-18-22-15-7-5-4-6-14(15)21(25)23-18/h4-7,10-11H,8-9,12H2,1-3H3,(H,22,23,25). The van der Waals surface area contributed by atoms with Crippen LogP contribution in [0.15, 0.2) is 41.2 Å². The Balaban J connectivity index is 1.63. The van der Waals surface area contributed by atoms with Crippen molar-refractivity contribution in [2.24, 2.45) is 0 Å². The molecule has 8 nitrogen and oxygen atoms in total. The minimum atomic E-state index is -0.408. The van der Waals surface area contributed by atoms with E-state index in [1.807, 2.05) is 0 Å². The molecule has 8 heteroatoms. The maximum Gasteiger partial charge on any atom is 0.306 e. The topological polar surface area (TPSA) is 99.7 Å². The Labute approximate surface area is 167 Å². The molecule has 0 bridgehead atoms. The fourth-order valence-corrected chi connectivity index (χ4v) is 2.95. The third-order valence-electron chi connectivity index (χ3n) is 4.37. The van der Waals surface area contributed by atoms with Crippen LogP contribution in [0.1, 0.15) is 17.8 Å². The third kappa shape index (κ3) is 4.66. The van der Waals surface area contributed by atoms with Crippen molar-refractivity contribution in [3.8, 4) is 17.2 Å². The first kappa shape index (κ1) is 20.2. The Hall–Kier alpha value is -3.55. The van der Waals surface area contributed by atoms with Crippen LogP contribution in [0, 0.1) is 0 Å². The molecule has 0 amide bonds. The van der Waals surface area contributed by atoms with Gasteiger partial charge in [-0.1, -0.05) is 12.1 Å². The Kier molecular flexibility index (Phi) is 6.33. The molecule has 3 rings (SSSR count). The van der Waals surface area contributed by atoms with Gasteiger partial charge in [-0.15, -0.1) is 0 Å². The zero-order chi connectivity index (χ0) is 20.8. The second-order valence-electron chi connectivity index (χ2n) is 6.22. The first-order valence-corrected chi connectivity index (χ1v) is 8.98. The first-order valence-electron chi connectivity index (χ1n) is 8.98. The van der Waals surface area contributed by atoms with Crippen LogP contribution in [0.2, 0.25) is 0 Å². The van der Waals surface area contributed by atoms with Crippen molar-refractivity contribution in [2.75, 3.05) is 21.3 Å². The monoisotopic (exact) mass is 398 g/mol. The summed E-state index contributed by atoms with van der Waals surface area (Å²) in [5.41, 5.74) is 1.13. The molecular formula is C21H22N2O6. The van der Waals surface area contributed by atoms with Gasteiger partial charge < -0.3 is 23.9 Å². The van der Waals surface area contributed by atoms with Crippen LogP contribution in [-0.4, -0.2) is 37.3 Å². The van der Waals surface area contributed by atoms with E-state index in [9.17, 15) is 9.59 Å². The van der Waals surface area contributed by atoms with E-state index in [4.69, 9.17) is 18.9 Å². The molecule has 0 atom stereocenters. The normalized spacial score (nSPS) is 10.6. The zero-order valence-corrected chi connectivity index (χ0v) is 16.5. The number of esters is 1. The summed E-state index contributed by atoms with van der Waals surface area (Å²) in [5.74, 6) is 1.43. The minimum Gasteiger partial charge on any atom is -0.493 e. The summed E-state index contributed by atoms with van der Waals surface area (Å²) in [6.45, 7) is -0.103.